The van der Waals surface area contributed by atoms with Crippen molar-refractivity contribution in [2.24, 2.45) is 11.7 Å². The molecule has 5 heteroatoms. The summed E-state index contributed by atoms with van der Waals surface area (Å²) in [6.07, 6.45) is 3.36. The standard InChI is InChI=1S/C16H34N4O/c1-5-19(6-2)11-8-12-20(7-3)13-16(18-4,15(17)21)14-9-10-14/h14,18H,5-13H2,1-4H3,(H2,17,21). The monoisotopic (exact) mass is 298 g/mol. The number of amides is 1. The topological polar surface area (TPSA) is 61.6 Å². The highest BCUT2D eigenvalue weighted by molar-refractivity contribution is 5.85. The summed E-state index contributed by atoms with van der Waals surface area (Å²) >= 11 is 0. The van der Waals surface area contributed by atoms with Crippen LogP contribution >= 0.6 is 0 Å². The maximum absolute atomic E-state index is 12.0. The molecule has 21 heavy (non-hydrogen) atoms. The van der Waals surface area contributed by atoms with Crippen LogP contribution in [0.25, 0.3) is 0 Å². The largest absolute Gasteiger partial charge is 0.368 e. The Morgan fingerprint density at radius 1 is 1.14 bits per heavy atom. The quantitative estimate of drug-likeness (QED) is 0.562. The van der Waals surface area contributed by atoms with E-state index in [0.29, 0.717) is 5.92 Å². The van der Waals surface area contributed by atoms with E-state index in [9.17, 15) is 4.79 Å². The summed E-state index contributed by atoms with van der Waals surface area (Å²) in [7, 11) is 1.87. The molecule has 0 aromatic rings. The molecule has 0 aromatic carbocycles. The van der Waals surface area contributed by atoms with Crippen molar-refractivity contribution in [3.05, 3.63) is 0 Å². The van der Waals surface area contributed by atoms with Crippen LogP contribution in [0.4, 0.5) is 0 Å². The maximum atomic E-state index is 12.0. The third kappa shape index (κ3) is 4.94. The number of nitrogens with zero attached hydrogens (tertiary/aromatic N) is 2. The van der Waals surface area contributed by atoms with E-state index in [4.69, 9.17) is 5.73 Å². The van der Waals surface area contributed by atoms with Crippen molar-refractivity contribution in [2.75, 3.05) is 46.3 Å². The lowest BCUT2D eigenvalue weighted by Gasteiger charge is -2.36. The normalized spacial score (nSPS) is 18.2. The van der Waals surface area contributed by atoms with Gasteiger partial charge < -0.3 is 20.9 Å². The van der Waals surface area contributed by atoms with Crippen LogP contribution in [0.15, 0.2) is 0 Å². The number of primary amides is 1. The Hall–Kier alpha value is -0.650. The Morgan fingerprint density at radius 3 is 2.05 bits per heavy atom. The summed E-state index contributed by atoms with van der Waals surface area (Å²) in [4.78, 5) is 16.8. The molecular formula is C16H34N4O. The number of nitrogens with two attached hydrogens (primary N) is 1. The Morgan fingerprint density at radius 2 is 1.67 bits per heavy atom. The van der Waals surface area contributed by atoms with Gasteiger partial charge in [0, 0.05) is 6.54 Å². The third-order valence-corrected chi connectivity index (χ3v) is 4.92. The number of likely N-dealkylation sites (N-methyl/N-ethyl adjacent to an activating group) is 2. The fraction of sp³-hybridized carbons (Fsp3) is 0.938. The van der Waals surface area contributed by atoms with Gasteiger partial charge >= 0.3 is 0 Å². The van der Waals surface area contributed by atoms with Crippen molar-refractivity contribution in [1.29, 1.82) is 0 Å². The zero-order valence-corrected chi connectivity index (χ0v) is 14.3. The van der Waals surface area contributed by atoms with E-state index >= 15 is 0 Å². The lowest BCUT2D eigenvalue weighted by atomic mass is 9.91. The number of carbonyl (C=O) groups is 1. The second kappa shape index (κ2) is 8.71. The molecule has 1 saturated carbocycles. The molecule has 5 nitrogen and oxygen atoms in total. The highest BCUT2D eigenvalue weighted by Gasteiger charge is 2.49. The molecule has 3 N–H and O–H groups in total. The van der Waals surface area contributed by atoms with E-state index in [-0.39, 0.29) is 5.91 Å². The SMILES string of the molecule is CCN(CC)CCCN(CC)CC(NC)(C(N)=O)C1CC1. The van der Waals surface area contributed by atoms with Gasteiger partial charge in [0.15, 0.2) is 0 Å². The summed E-state index contributed by atoms with van der Waals surface area (Å²) in [5.41, 5.74) is 5.17. The molecule has 0 aliphatic heterocycles. The fourth-order valence-electron chi connectivity index (χ4n) is 3.15. The van der Waals surface area contributed by atoms with E-state index in [1.165, 1.54) is 0 Å². The molecular weight excluding hydrogens is 264 g/mol. The molecule has 0 bridgehead atoms. The molecule has 124 valence electrons. The molecule has 0 aromatic heterocycles. The molecule has 0 saturated heterocycles. The van der Waals surface area contributed by atoms with Gasteiger partial charge in [-0.15, -0.1) is 0 Å². The van der Waals surface area contributed by atoms with Gasteiger partial charge in [0.1, 0.15) is 5.54 Å². The van der Waals surface area contributed by atoms with Gasteiger partial charge in [-0.3, -0.25) is 4.79 Å². The molecule has 1 amide bonds. The van der Waals surface area contributed by atoms with Crippen molar-refractivity contribution in [1.82, 2.24) is 15.1 Å². The van der Waals surface area contributed by atoms with Crippen molar-refractivity contribution in [3.63, 3.8) is 0 Å². The number of rotatable bonds is 12. The molecule has 0 heterocycles. The zero-order valence-electron chi connectivity index (χ0n) is 14.3. The number of hydrogen-bond donors (Lipinski definition) is 2. The van der Waals surface area contributed by atoms with Gasteiger partial charge in [0.2, 0.25) is 5.91 Å². The average Bonchev–Trinajstić information content (AvgIpc) is 3.32. The predicted molar refractivity (Wildman–Crippen MR) is 88.2 cm³/mol. The number of carbonyl (C=O) groups excluding carboxylic acids is 1. The van der Waals surface area contributed by atoms with Gasteiger partial charge in [-0.1, -0.05) is 20.8 Å². The van der Waals surface area contributed by atoms with Crippen LogP contribution in [0.2, 0.25) is 0 Å². The zero-order chi connectivity index (χ0) is 15.9. The third-order valence-electron chi connectivity index (χ3n) is 4.92. The lowest BCUT2D eigenvalue weighted by molar-refractivity contribution is -0.126. The molecule has 1 rings (SSSR count). The van der Waals surface area contributed by atoms with Crippen molar-refractivity contribution >= 4 is 5.91 Å². The van der Waals surface area contributed by atoms with E-state index in [1.807, 2.05) is 7.05 Å². The van der Waals surface area contributed by atoms with Crippen LogP contribution in [0.5, 0.6) is 0 Å². The molecule has 1 fully saturated rings. The van der Waals surface area contributed by atoms with Gasteiger partial charge in [-0.05, 0) is 65.0 Å². The summed E-state index contributed by atoms with van der Waals surface area (Å²) in [6, 6.07) is 0. The molecule has 1 unspecified atom stereocenters. The van der Waals surface area contributed by atoms with E-state index in [2.05, 4.69) is 35.9 Å². The highest BCUT2D eigenvalue weighted by atomic mass is 16.1. The smallest absolute Gasteiger partial charge is 0.239 e. The first-order chi connectivity index (χ1) is 10.0. The first kappa shape index (κ1) is 18.4. The average molecular weight is 298 g/mol. The molecule has 0 radical (unpaired) electrons. The van der Waals surface area contributed by atoms with E-state index in [1.54, 1.807) is 0 Å². The number of hydrogen-bond acceptors (Lipinski definition) is 4. The Balaban J connectivity index is 2.53. The summed E-state index contributed by atoms with van der Waals surface area (Å²) in [5.74, 6) is 0.214. The molecule has 1 aliphatic rings. The fourth-order valence-corrected chi connectivity index (χ4v) is 3.15. The first-order valence-electron chi connectivity index (χ1n) is 8.47. The Labute approximate surface area is 130 Å². The van der Waals surface area contributed by atoms with Crippen LogP contribution in [-0.4, -0.2) is 67.6 Å². The van der Waals surface area contributed by atoms with Crippen LogP contribution in [0.1, 0.15) is 40.0 Å². The van der Waals surface area contributed by atoms with Gasteiger partial charge in [0.25, 0.3) is 0 Å². The minimum Gasteiger partial charge on any atom is -0.368 e. The second-order valence-corrected chi connectivity index (χ2v) is 6.11. The maximum Gasteiger partial charge on any atom is 0.239 e. The summed E-state index contributed by atoms with van der Waals surface area (Å²) < 4.78 is 0. The van der Waals surface area contributed by atoms with Crippen molar-refractivity contribution < 1.29 is 4.79 Å². The van der Waals surface area contributed by atoms with Crippen LogP contribution in [0, 0.1) is 5.92 Å². The summed E-state index contributed by atoms with van der Waals surface area (Å²) in [6.45, 7) is 12.6. The Bertz CT molecular complexity index is 315. The lowest BCUT2D eigenvalue weighted by Crippen LogP contribution is -2.62. The van der Waals surface area contributed by atoms with E-state index in [0.717, 1.165) is 58.5 Å². The first-order valence-corrected chi connectivity index (χ1v) is 8.47. The molecule has 0 spiro atoms. The van der Waals surface area contributed by atoms with Crippen LogP contribution in [0.3, 0.4) is 0 Å². The Kier molecular flexibility index (Phi) is 7.63. The highest BCUT2D eigenvalue weighted by Crippen LogP contribution is 2.40. The minimum atomic E-state index is -0.536. The summed E-state index contributed by atoms with van der Waals surface area (Å²) in [5, 5.41) is 3.24. The second-order valence-electron chi connectivity index (χ2n) is 6.11. The van der Waals surface area contributed by atoms with E-state index < -0.39 is 5.54 Å². The van der Waals surface area contributed by atoms with Crippen LogP contribution < -0.4 is 11.1 Å². The van der Waals surface area contributed by atoms with Gasteiger partial charge in [0.05, 0.1) is 0 Å². The minimum absolute atomic E-state index is 0.199. The van der Waals surface area contributed by atoms with Gasteiger partial charge in [-0.2, -0.15) is 0 Å². The number of nitrogens with one attached hydrogen (secondary N) is 1. The van der Waals surface area contributed by atoms with Gasteiger partial charge in [-0.25, -0.2) is 0 Å². The molecule has 1 aliphatic carbocycles. The molecule has 1 atom stereocenters. The van der Waals surface area contributed by atoms with Crippen molar-refractivity contribution in [2.45, 2.75) is 45.6 Å². The predicted octanol–water partition coefficient (Wildman–Crippen LogP) is 0.894. The van der Waals surface area contributed by atoms with Crippen molar-refractivity contribution in [3.8, 4) is 0 Å². The van der Waals surface area contributed by atoms with Crippen LogP contribution in [-0.2, 0) is 4.79 Å².